The molecule has 0 saturated heterocycles. The van der Waals surface area contributed by atoms with Gasteiger partial charge in [-0.3, -0.25) is 9.69 Å². The molecular formula is C14H23NO5. The van der Waals surface area contributed by atoms with Crippen LogP contribution in [0.25, 0.3) is 0 Å². The van der Waals surface area contributed by atoms with Crippen molar-refractivity contribution in [3.8, 4) is 0 Å². The molecule has 0 unspecified atom stereocenters. The predicted molar refractivity (Wildman–Crippen MR) is 73.1 cm³/mol. The molecule has 0 spiro atoms. The maximum absolute atomic E-state index is 12.2. The van der Waals surface area contributed by atoms with Crippen molar-refractivity contribution in [1.82, 2.24) is 4.90 Å². The molecule has 1 heterocycles. The molecular weight excluding hydrogens is 262 g/mol. The third kappa shape index (κ3) is 3.96. The Morgan fingerprint density at radius 2 is 2.05 bits per heavy atom. The molecule has 20 heavy (non-hydrogen) atoms. The lowest BCUT2D eigenvalue weighted by atomic mass is 10.0. The first kappa shape index (κ1) is 16.5. The molecule has 0 aromatic heterocycles. The molecule has 0 aromatic carbocycles. The Kier molecular flexibility index (Phi) is 4.81. The lowest BCUT2D eigenvalue weighted by molar-refractivity contribution is -0.144. The summed E-state index contributed by atoms with van der Waals surface area (Å²) in [6, 6.07) is 0. The molecule has 0 saturated carbocycles. The van der Waals surface area contributed by atoms with Crippen LogP contribution < -0.4 is 0 Å². The van der Waals surface area contributed by atoms with Crippen molar-refractivity contribution in [2.45, 2.75) is 45.8 Å². The average molecular weight is 285 g/mol. The van der Waals surface area contributed by atoms with Crippen LogP contribution in [0.4, 0.5) is 4.79 Å². The molecule has 1 atom stereocenters. The van der Waals surface area contributed by atoms with Gasteiger partial charge in [0.2, 0.25) is 0 Å². The minimum atomic E-state index is -1.04. The zero-order valence-electron chi connectivity index (χ0n) is 12.7. The molecule has 114 valence electrons. The fourth-order valence-electron chi connectivity index (χ4n) is 2.08. The zero-order chi connectivity index (χ0) is 15.6. The number of ether oxygens (including phenoxy) is 2. The van der Waals surface area contributed by atoms with E-state index in [-0.39, 0.29) is 13.2 Å². The summed E-state index contributed by atoms with van der Waals surface area (Å²) >= 11 is 0. The van der Waals surface area contributed by atoms with Crippen molar-refractivity contribution < 1.29 is 24.2 Å². The number of hydrogen-bond donors (Lipinski definition) is 1. The minimum absolute atomic E-state index is 0.0879. The Bertz CT molecular complexity index is 424. The first-order chi connectivity index (χ1) is 9.09. The van der Waals surface area contributed by atoms with Crippen molar-refractivity contribution in [3.63, 3.8) is 0 Å². The molecule has 0 aromatic rings. The second-order valence-corrected chi connectivity index (χ2v) is 6.10. The third-order valence-electron chi connectivity index (χ3n) is 2.87. The number of aliphatic hydroxyl groups is 1. The van der Waals surface area contributed by atoms with Gasteiger partial charge >= 0.3 is 12.1 Å². The fraction of sp³-hybridized carbons (Fsp3) is 0.714. The lowest BCUT2D eigenvalue weighted by Crippen LogP contribution is -2.54. The predicted octanol–water partition coefficient (Wildman–Crippen LogP) is 1.48. The third-order valence-corrected chi connectivity index (χ3v) is 2.87. The number of nitrogens with zero attached hydrogens (tertiary/aromatic N) is 1. The summed E-state index contributed by atoms with van der Waals surface area (Å²) in [5, 5.41) is 9.68. The normalized spacial score (nSPS) is 22.5. The van der Waals surface area contributed by atoms with Crippen LogP contribution in [0.1, 0.15) is 34.6 Å². The molecule has 1 rings (SSSR count). The summed E-state index contributed by atoms with van der Waals surface area (Å²) in [6.07, 6.45) is 1.21. The van der Waals surface area contributed by atoms with Crippen LogP contribution in [0.3, 0.4) is 0 Å². The number of amides is 1. The maximum atomic E-state index is 12.2. The van der Waals surface area contributed by atoms with Crippen LogP contribution in [0, 0.1) is 0 Å². The zero-order valence-corrected chi connectivity index (χ0v) is 12.7. The van der Waals surface area contributed by atoms with E-state index < -0.39 is 23.2 Å². The van der Waals surface area contributed by atoms with Crippen molar-refractivity contribution >= 4 is 12.1 Å². The SMILES string of the molecule is CC(=O)OC[C@]1(CO)C=C(C)CN1C(=O)OC(C)(C)C. The van der Waals surface area contributed by atoms with Gasteiger partial charge in [-0.15, -0.1) is 0 Å². The van der Waals surface area contributed by atoms with Crippen LogP contribution in [0.2, 0.25) is 0 Å². The van der Waals surface area contributed by atoms with E-state index in [2.05, 4.69) is 0 Å². The van der Waals surface area contributed by atoms with Crippen LogP contribution >= 0.6 is 0 Å². The van der Waals surface area contributed by atoms with E-state index in [1.807, 2.05) is 6.92 Å². The van der Waals surface area contributed by atoms with Gasteiger partial charge in [-0.2, -0.15) is 0 Å². The molecule has 0 bridgehead atoms. The van der Waals surface area contributed by atoms with Crippen LogP contribution in [0.5, 0.6) is 0 Å². The quantitative estimate of drug-likeness (QED) is 0.628. The molecule has 0 fully saturated rings. The highest BCUT2D eigenvalue weighted by molar-refractivity contribution is 5.72. The standard InChI is InChI=1S/C14H23NO5/c1-10-6-14(8-16,9-19-11(2)17)15(7-10)12(18)20-13(3,4)5/h6,16H,7-9H2,1-5H3/t14-/m1/s1. The van der Waals surface area contributed by atoms with Crippen molar-refractivity contribution in [2.75, 3.05) is 19.8 Å². The van der Waals surface area contributed by atoms with Crippen molar-refractivity contribution in [3.05, 3.63) is 11.6 Å². The average Bonchev–Trinajstić information content (AvgIpc) is 2.62. The van der Waals surface area contributed by atoms with Gasteiger partial charge in [-0.05, 0) is 27.7 Å². The molecule has 1 N–H and O–H groups in total. The number of carbonyl (C=O) groups excluding carboxylic acids is 2. The van der Waals surface area contributed by atoms with Gasteiger partial charge in [0.25, 0.3) is 0 Å². The van der Waals surface area contributed by atoms with E-state index >= 15 is 0 Å². The van der Waals surface area contributed by atoms with E-state index in [4.69, 9.17) is 9.47 Å². The minimum Gasteiger partial charge on any atom is -0.463 e. The van der Waals surface area contributed by atoms with Gasteiger partial charge in [0.1, 0.15) is 17.7 Å². The number of carbonyl (C=O) groups is 2. The van der Waals surface area contributed by atoms with Gasteiger partial charge in [0.05, 0.1) is 6.61 Å². The first-order valence-corrected chi connectivity index (χ1v) is 6.53. The molecule has 0 radical (unpaired) electrons. The highest BCUT2D eigenvalue weighted by Crippen LogP contribution is 2.29. The van der Waals surface area contributed by atoms with E-state index in [9.17, 15) is 14.7 Å². The van der Waals surface area contributed by atoms with Gasteiger partial charge in [0, 0.05) is 13.5 Å². The topological polar surface area (TPSA) is 76.1 Å². The Balaban J connectivity index is 2.93. The number of aliphatic hydroxyl groups excluding tert-OH is 1. The summed E-state index contributed by atoms with van der Waals surface area (Å²) in [7, 11) is 0. The maximum Gasteiger partial charge on any atom is 0.411 e. The van der Waals surface area contributed by atoms with Crippen molar-refractivity contribution in [1.29, 1.82) is 0 Å². The Morgan fingerprint density at radius 1 is 1.45 bits per heavy atom. The number of rotatable bonds is 3. The van der Waals surface area contributed by atoms with E-state index in [0.717, 1.165) is 5.57 Å². The fourth-order valence-corrected chi connectivity index (χ4v) is 2.08. The molecule has 1 amide bonds. The highest BCUT2D eigenvalue weighted by atomic mass is 16.6. The Hall–Kier alpha value is -1.56. The molecule has 0 aliphatic carbocycles. The summed E-state index contributed by atoms with van der Waals surface area (Å²) < 4.78 is 10.3. The summed E-state index contributed by atoms with van der Waals surface area (Å²) in [4.78, 5) is 24.6. The smallest absolute Gasteiger partial charge is 0.411 e. The Labute approximate surface area is 119 Å². The summed E-state index contributed by atoms with van der Waals surface area (Å²) in [5.74, 6) is -0.458. The largest absolute Gasteiger partial charge is 0.463 e. The van der Waals surface area contributed by atoms with Gasteiger partial charge in [-0.25, -0.2) is 4.79 Å². The summed E-state index contributed by atoms with van der Waals surface area (Å²) in [5.41, 5.74) is -0.758. The number of hydrogen-bond acceptors (Lipinski definition) is 5. The molecule has 1 aliphatic heterocycles. The van der Waals surface area contributed by atoms with Crippen LogP contribution in [-0.2, 0) is 14.3 Å². The Morgan fingerprint density at radius 3 is 2.50 bits per heavy atom. The second-order valence-electron chi connectivity index (χ2n) is 6.10. The highest BCUT2D eigenvalue weighted by Gasteiger charge is 2.44. The van der Waals surface area contributed by atoms with Gasteiger partial charge in [0.15, 0.2) is 0 Å². The van der Waals surface area contributed by atoms with Gasteiger partial charge < -0.3 is 14.6 Å². The van der Waals surface area contributed by atoms with Gasteiger partial charge in [-0.1, -0.05) is 11.6 Å². The van der Waals surface area contributed by atoms with E-state index in [1.165, 1.54) is 11.8 Å². The van der Waals surface area contributed by atoms with Crippen LogP contribution in [-0.4, -0.2) is 53.0 Å². The molecule has 1 aliphatic rings. The summed E-state index contributed by atoms with van der Waals surface area (Å²) in [6.45, 7) is 8.37. The first-order valence-electron chi connectivity index (χ1n) is 6.53. The van der Waals surface area contributed by atoms with E-state index in [1.54, 1.807) is 26.8 Å². The monoisotopic (exact) mass is 285 g/mol. The van der Waals surface area contributed by atoms with Crippen molar-refractivity contribution in [2.24, 2.45) is 0 Å². The van der Waals surface area contributed by atoms with Crippen LogP contribution in [0.15, 0.2) is 11.6 Å². The number of esters is 1. The second kappa shape index (κ2) is 5.83. The lowest BCUT2D eigenvalue weighted by Gasteiger charge is -2.36. The van der Waals surface area contributed by atoms with E-state index in [0.29, 0.717) is 6.54 Å². The molecule has 6 nitrogen and oxygen atoms in total. The molecule has 6 heteroatoms.